The molecule has 0 aliphatic carbocycles. The molecule has 2 heteroatoms. The maximum absolute atomic E-state index is 10.4. The van der Waals surface area contributed by atoms with Crippen LogP contribution in [-0.2, 0) is 6.42 Å². The highest BCUT2D eigenvalue weighted by Gasteiger charge is 2.44. The van der Waals surface area contributed by atoms with E-state index in [2.05, 4.69) is 101 Å². The Balaban J connectivity index is 1.62. The van der Waals surface area contributed by atoms with Crippen molar-refractivity contribution in [2.75, 3.05) is 0 Å². The standard InChI is InChI=1S/C25H31NO/c1-19-6-8-20(9-7-19)10-11-21-12-14-22(15-13-21)16-17-23-18-24(2,3)26(27)25(23,4)5/h6-15,18,27H,16-17H2,1-5H3/b11-10+. The van der Waals surface area contributed by atoms with Crippen molar-refractivity contribution >= 4 is 12.2 Å². The van der Waals surface area contributed by atoms with Crippen molar-refractivity contribution in [3.63, 3.8) is 0 Å². The second-order valence-corrected chi connectivity index (χ2v) is 8.68. The van der Waals surface area contributed by atoms with Crippen LogP contribution < -0.4 is 0 Å². The van der Waals surface area contributed by atoms with Gasteiger partial charge in [-0.1, -0.05) is 77.9 Å². The van der Waals surface area contributed by atoms with Crippen molar-refractivity contribution in [3.05, 3.63) is 82.4 Å². The molecule has 2 aromatic carbocycles. The van der Waals surface area contributed by atoms with Gasteiger partial charge in [-0.25, -0.2) is 0 Å². The minimum atomic E-state index is -0.305. The molecule has 0 atom stereocenters. The summed E-state index contributed by atoms with van der Waals surface area (Å²) in [5.41, 5.74) is 5.74. The lowest BCUT2D eigenvalue weighted by Crippen LogP contribution is -2.47. The Bertz CT molecular complexity index is 839. The third-order valence-corrected chi connectivity index (χ3v) is 5.60. The van der Waals surface area contributed by atoms with E-state index in [1.165, 1.54) is 32.9 Å². The number of benzene rings is 2. The summed E-state index contributed by atoms with van der Waals surface area (Å²) < 4.78 is 0. The fraction of sp³-hybridized carbons (Fsp3) is 0.360. The zero-order valence-corrected chi connectivity index (χ0v) is 17.2. The topological polar surface area (TPSA) is 23.5 Å². The van der Waals surface area contributed by atoms with E-state index < -0.39 is 0 Å². The van der Waals surface area contributed by atoms with Crippen LogP contribution in [0.3, 0.4) is 0 Å². The average molecular weight is 362 g/mol. The van der Waals surface area contributed by atoms with Gasteiger partial charge in [0.15, 0.2) is 0 Å². The van der Waals surface area contributed by atoms with Gasteiger partial charge >= 0.3 is 0 Å². The number of hydrogen-bond donors (Lipinski definition) is 1. The van der Waals surface area contributed by atoms with Gasteiger partial charge in [0.25, 0.3) is 0 Å². The van der Waals surface area contributed by atoms with E-state index in [-0.39, 0.29) is 11.1 Å². The van der Waals surface area contributed by atoms with Crippen LogP contribution in [0.25, 0.3) is 12.2 Å². The van der Waals surface area contributed by atoms with Crippen LogP contribution in [0.1, 0.15) is 56.4 Å². The molecule has 0 saturated carbocycles. The third-order valence-electron chi connectivity index (χ3n) is 5.60. The summed E-state index contributed by atoms with van der Waals surface area (Å²) in [6, 6.07) is 17.3. The largest absolute Gasteiger partial charge is 0.312 e. The minimum absolute atomic E-state index is 0.302. The van der Waals surface area contributed by atoms with E-state index in [9.17, 15) is 5.21 Å². The molecule has 142 valence electrons. The second-order valence-electron chi connectivity index (χ2n) is 8.68. The summed E-state index contributed by atoms with van der Waals surface area (Å²) >= 11 is 0. The Kier molecular flexibility index (Phi) is 5.41. The van der Waals surface area contributed by atoms with Gasteiger partial charge in [-0.3, -0.25) is 0 Å². The zero-order valence-electron chi connectivity index (χ0n) is 17.2. The number of aryl methyl sites for hydroxylation is 2. The molecule has 1 aliphatic rings. The Hall–Kier alpha value is -2.16. The first-order chi connectivity index (χ1) is 12.7. The van der Waals surface area contributed by atoms with Crippen LogP contribution in [0.2, 0.25) is 0 Å². The monoisotopic (exact) mass is 361 g/mol. The molecular weight excluding hydrogens is 330 g/mol. The summed E-state index contributed by atoms with van der Waals surface area (Å²) in [7, 11) is 0. The Morgan fingerprint density at radius 2 is 1.33 bits per heavy atom. The molecule has 2 aromatic rings. The van der Waals surface area contributed by atoms with Crippen LogP contribution >= 0.6 is 0 Å². The summed E-state index contributed by atoms with van der Waals surface area (Å²) in [5, 5.41) is 11.9. The van der Waals surface area contributed by atoms with E-state index in [0.29, 0.717) is 0 Å². The van der Waals surface area contributed by atoms with Gasteiger partial charge in [-0.05, 0) is 64.2 Å². The highest BCUT2D eigenvalue weighted by atomic mass is 16.5. The third kappa shape index (κ3) is 4.40. The van der Waals surface area contributed by atoms with Crippen molar-refractivity contribution in [2.45, 2.75) is 58.5 Å². The molecule has 0 bridgehead atoms. The SMILES string of the molecule is Cc1ccc(/C=C/c2ccc(CCC3=CC(C)(C)N(O)C3(C)C)cc2)cc1. The maximum Gasteiger partial charge on any atom is 0.0623 e. The fourth-order valence-corrected chi connectivity index (χ4v) is 3.84. The minimum Gasteiger partial charge on any atom is -0.312 e. The predicted octanol–water partition coefficient (Wildman–Crippen LogP) is 6.29. The number of hydroxylamine groups is 2. The van der Waals surface area contributed by atoms with Crippen LogP contribution in [0.5, 0.6) is 0 Å². The molecule has 0 unspecified atom stereocenters. The van der Waals surface area contributed by atoms with Crippen molar-refractivity contribution in [3.8, 4) is 0 Å². The van der Waals surface area contributed by atoms with Gasteiger partial charge < -0.3 is 5.21 Å². The lowest BCUT2D eigenvalue weighted by Gasteiger charge is -2.36. The molecule has 1 aliphatic heterocycles. The molecule has 3 rings (SSSR count). The van der Waals surface area contributed by atoms with Gasteiger partial charge in [-0.2, -0.15) is 5.06 Å². The van der Waals surface area contributed by atoms with Gasteiger partial charge in [0.2, 0.25) is 0 Å². The van der Waals surface area contributed by atoms with Gasteiger partial charge in [-0.15, -0.1) is 0 Å². The molecule has 0 radical (unpaired) electrons. The predicted molar refractivity (Wildman–Crippen MR) is 115 cm³/mol. The Morgan fingerprint density at radius 3 is 1.81 bits per heavy atom. The average Bonchev–Trinajstić information content (AvgIpc) is 2.79. The zero-order chi connectivity index (χ0) is 19.7. The molecule has 0 fully saturated rings. The van der Waals surface area contributed by atoms with Crippen molar-refractivity contribution in [1.29, 1.82) is 0 Å². The Morgan fingerprint density at radius 1 is 0.815 bits per heavy atom. The molecule has 0 saturated heterocycles. The van der Waals surface area contributed by atoms with Crippen LogP contribution in [0.15, 0.2) is 60.2 Å². The van der Waals surface area contributed by atoms with Crippen molar-refractivity contribution in [2.24, 2.45) is 0 Å². The van der Waals surface area contributed by atoms with Crippen LogP contribution in [0, 0.1) is 6.92 Å². The van der Waals surface area contributed by atoms with E-state index in [1.54, 1.807) is 0 Å². The lowest BCUT2D eigenvalue weighted by atomic mass is 9.91. The summed E-state index contributed by atoms with van der Waals surface area (Å²) in [6.07, 6.45) is 8.47. The summed E-state index contributed by atoms with van der Waals surface area (Å²) in [4.78, 5) is 0. The second kappa shape index (κ2) is 7.46. The molecule has 1 N–H and O–H groups in total. The van der Waals surface area contributed by atoms with Crippen LogP contribution in [0.4, 0.5) is 0 Å². The molecular formula is C25H31NO. The highest BCUT2D eigenvalue weighted by Crippen LogP contribution is 2.40. The summed E-state index contributed by atoms with van der Waals surface area (Å²) in [5.74, 6) is 0. The van der Waals surface area contributed by atoms with Gasteiger partial charge in [0.1, 0.15) is 0 Å². The quantitative estimate of drug-likeness (QED) is 0.500. The van der Waals surface area contributed by atoms with E-state index >= 15 is 0 Å². The van der Waals surface area contributed by atoms with E-state index in [4.69, 9.17) is 0 Å². The lowest BCUT2D eigenvalue weighted by molar-refractivity contribution is -0.185. The maximum atomic E-state index is 10.4. The first-order valence-corrected chi connectivity index (χ1v) is 9.74. The molecule has 2 nitrogen and oxygen atoms in total. The summed E-state index contributed by atoms with van der Waals surface area (Å²) in [6.45, 7) is 10.4. The molecule has 27 heavy (non-hydrogen) atoms. The normalized spacial score (nSPS) is 18.8. The molecule has 0 aromatic heterocycles. The first-order valence-electron chi connectivity index (χ1n) is 9.74. The van der Waals surface area contributed by atoms with Crippen LogP contribution in [-0.4, -0.2) is 21.3 Å². The fourth-order valence-electron chi connectivity index (χ4n) is 3.84. The molecule has 0 amide bonds. The molecule has 0 spiro atoms. The molecule has 1 heterocycles. The number of nitrogens with zero attached hydrogens (tertiary/aromatic N) is 1. The highest BCUT2D eigenvalue weighted by molar-refractivity contribution is 5.69. The van der Waals surface area contributed by atoms with Crippen molar-refractivity contribution in [1.82, 2.24) is 5.06 Å². The number of hydrogen-bond acceptors (Lipinski definition) is 2. The van der Waals surface area contributed by atoms with Gasteiger partial charge in [0.05, 0.1) is 11.1 Å². The van der Waals surface area contributed by atoms with E-state index in [0.717, 1.165) is 12.8 Å². The Labute approximate surface area is 163 Å². The smallest absolute Gasteiger partial charge is 0.0623 e. The van der Waals surface area contributed by atoms with Gasteiger partial charge in [0, 0.05) is 0 Å². The number of rotatable bonds is 5. The first kappa shape index (κ1) is 19.6. The van der Waals surface area contributed by atoms with E-state index in [1.807, 2.05) is 0 Å². The van der Waals surface area contributed by atoms with Crippen molar-refractivity contribution < 1.29 is 5.21 Å².